The summed E-state index contributed by atoms with van der Waals surface area (Å²) in [5.74, 6) is -0.830. The normalized spacial score (nSPS) is 20.9. The summed E-state index contributed by atoms with van der Waals surface area (Å²) in [4.78, 5) is 16.4. The fourth-order valence-electron chi connectivity index (χ4n) is 1.61. The van der Waals surface area contributed by atoms with Crippen molar-refractivity contribution in [1.82, 2.24) is 9.97 Å². The Morgan fingerprint density at radius 1 is 1.50 bits per heavy atom. The van der Waals surface area contributed by atoms with Crippen molar-refractivity contribution < 1.29 is 18.1 Å². The van der Waals surface area contributed by atoms with Gasteiger partial charge in [0.25, 0.3) is 10.2 Å². The molecule has 0 fully saturated rings. The summed E-state index contributed by atoms with van der Waals surface area (Å²) in [6.45, 7) is 0. The third-order valence-corrected chi connectivity index (χ3v) is 3.28. The zero-order valence-electron chi connectivity index (χ0n) is 9.48. The summed E-state index contributed by atoms with van der Waals surface area (Å²) in [5, 5.41) is 18.0. The highest BCUT2D eigenvalue weighted by molar-refractivity contribution is 7.89. The van der Waals surface area contributed by atoms with E-state index in [1.54, 1.807) is 0 Å². The first kappa shape index (κ1) is 12.3. The molecule has 0 aliphatic carbocycles. The number of rotatable bonds is 2. The molecule has 11 nitrogen and oxygen atoms in total. The topological polar surface area (TPSA) is 171 Å². The van der Waals surface area contributed by atoms with E-state index in [4.69, 9.17) is 9.83 Å². The minimum atomic E-state index is -3.74. The lowest BCUT2D eigenvalue weighted by Crippen LogP contribution is -2.20. The van der Waals surface area contributed by atoms with Crippen LogP contribution in [0.1, 0.15) is 5.69 Å². The average Bonchev–Trinajstić information content (AvgIpc) is 2.91. The SMILES string of the molecule is N=C1N=S(=O)(O)Nc2nc(-c3ccc([N+](=O)[O-])o3)[nH]c21. The highest BCUT2D eigenvalue weighted by atomic mass is 32.2. The fourth-order valence-corrected chi connectivity index (χ4v) is 2.39. The van der Waals surface area contributed by atoms with E-state index >= 15 is 0 Å². The number of nitrogens with zero attached hydrogens (tertiary/aromatic N) is 3. The highest BCUT2D eigenvalue weighted by Crippen LogP contribution is 2.28. The molecule has 1 atom stereocenters. The first-order valence-corrected chi connectivity index (χ1v) is 6.54. The number of nitrogens with one attached hydrogen (secondary N) is 3. The van der Waals surface area contributed by atoms with E-state index in [2.05, 4.69) is 19.1 Å². The third-order valence-electron chi connectivity index (χ3n) is 2.39. The molecule has 0 saturated heterocycles. The Morgan fingerprint density at radius 3 is 2.90 bits per heavy atom. The number of fused-ring (bicyclic) bond motifs is 1. The molecule has 104 valence electrons. The molecule has 0 radical (unpaired) electrons. The zero-order valence-corrected chi connectivity index (χ0v) is 10.3. The van der Waals surface area contributed by atoms with E-state index in [9.17, 15) is 18.9 Å². The second-order valence-corrected chi connectivity index (χ2v) is 5.12. The van der Waals surface area contributed by atoms with Crippen molar-refractivity contribution in [3.8, 4) is 11.6 Å². The molecule has 2 aromatic heterocycles. The first-order chi connectivity index (χ1) is 9.35. The second-order valence-electron chi connectivity index (χ2n) is 3.74. The lowest BCUT2D eigenvalue weighted by Gasteiger charge is -2.10. The van der Waals surface area contributed by atoms with Gasteiger partial charge in [-0.3, -0.25) is 24.8 Å². The lowest BCUT2D eigenvalue weighted by atomic mass is 10.4. The quantitative estimate of drug-likeness (QED) is 0.479. The van der Waals surface area contributed by atoms with Crippen LogP contribution in [-0.2, 0) is 10.2 Å². The smallest absolute Gasteiger partial charge is 0.397 e. The second kappa shape index (κ2) is 3.88. The molecule has 0 spiro atoms. The molecule has 20 heavy (non-hydrogen) atoms. The number of hydrogen-bond acceptors (Lipinski definition) is 6. The number of furan rings is 1. The van der Waals surface area contributed by atoms with Crippen LogP contribution in [0.2, 0.25) is 0 Å². The maximum absolute atomic E-state index is 11.4. The Bertz CT molecular complexity index is 857. The van der Waals surface area contributed by atoms with Gasteiger partial charge in [0.05, 0.1) is 6.07 Å². The standard InChI is InChI=1S/C8H6N6O5S/c9-6-5-8(13-20(17,18)12-6)11-7(10-5)3-1-2-4(19-3)14(15)16/h1-2H,(H4,9,10,11,12,13,17,18). The van der Waals surface area contributed by atoms with E-state index in [1.165, 1.54) is 6.07 Å². The zero-order chi connectivity index (χ0) is 14.5. The van der Waals surface area contributed by atoms with Crippen LogP contribution >= 0.6 is 0 Å². The van der Waals surface area contributed by atoms with Crippen LogP contribution in [0.25, 0.3) is 11.6 Å². The average molecular weight is 298 g/mol. The van der Waals surface area contributed by atoms with Crippen LogP contribution in [0, 0.1) is 15.5 Å². The van der Waals surface area contributed by atoms with Gasteiger partial charge in [-0.1, -0.05) is 0 Å². The van der Waals surface area contributed by atoms with Crippen LogP contribution in [0.15, 0.2) is 20.9 Å². The van der Waals surface area contributed by atoms with Crippen molar-refractivity contribution in [1.29, 1.82) is 5.41 Å². The van der Waals surface area contributed by atoms with Gasteiger partial charge in [0.15, 0.2) is 23.2 Å². The molecule has 0 saturated carbocycles. The maximum atomic E-state index is 11.4. The molecule has 3 rings (SSSR count). The van der Waals surface area contributed by atoms with Crippen LogP contribution in [0.3, 0.4) is 0 Å². The van der Waals surface area contributed by atoms with E-state index in [1.807, 2.05) is 0 Å². The summed E-state index contributed by atoms with van der Waals surface area (Å²) in [6.07, 6.45) is 0. The number of amidine groups is 1. The summed E-state index contributed by atoms with van der Waals surface area (Å²) in [5.41, 5.74) is 0.0899. The van der Waals surface area contributed by atoms with Gasteiger partial charge in [-0.25, -0.2) is 4.98 Å². The van der Waals surface area contributed by atoms with Crippen molar-refractivity contribution in [3.63, 3.8) is 0 Å². The van der Waals surface area contributed by atoms with Crippen LogP contribution in [0.5, 0.6) is 0 Å². The predicted octanol–water partition coefficient (Wildman–Crippen LogP) is 1.18. The number of nitro groups is 1. The van der Waals surface area contributed by atoms with Crippen molar-refractivity contribution >= 4 is 27.7 Å². The Labute approximate surface area is 110 Å². The minimum Gasteiger partial charge on any atom is -0.397 e. The van der Waals surface area contributed by atoms with Gasteiger partial charge in [0.2, 0.25) is 0 Å². The van der Waals surface area contributed by atoms with Crippen molar-refractivity contribution in [2.24, 2.45) is 4.36 Å². The fraction of sp³-hybridized carbons (Fsp3) is 0. The Hall–Kier alpha value is -2.73. The molecule has 0 amide bonds. The van der Waals surface area contributed by atoms with E-state index in [0.29, 0.717) is 0 Å². The summed E-state index contributed by atoms with van der Waals surface area (Å²) in [6, 6.07) is 2.47. The molecule has 1 aliphatic heterocycles. The molecule has 3 heterocycles. The first-order valence-electron chi connectivity index (χ1n) is 5.06. The molecule has 0 aromatic carbocycles. The van der Waals surface area contributed by atoms with Crippen LogP contribution in [0.4, 0.5) is 11.7 Å². The molecule has 12 heteroatoms. The number of anilines is 1. The number of aromatic nitrogens is 2. The predicted molar refractivity (Wildman–Crippen MR) is 66.6 cm³/mol. The summed E-state index contributed by atoms with van der Waals surface area (Å²) >= 11 is 0. The summed E-state index contributed by atoms with van der Waals surface area (Å²) < 4.78 is 31.0. The lowest BCUT2D eigenvalue weighted by molar-refractivity contribution is -0.401. The number of imidazole rings is 1. The number of hydrogen-bond donors (Lipinski definition) is 4. The van der Waals surface area contributed by atoms with Gasteiger partial charge in [0.1, 0.15) is 10.6 Å². The monoisotopic (exact) mass is 298 g/mol. The minimum absolute atomic E-state index is 0.0495. The van der Waals surface area contributed by atoms with Crippen molar-refractivity contribution in [2.75, 3.05) is 4.72 Å². The molecule has 1 unspecified atom stereocenters. The van der Waals surface area contributed by atoms with Gasteiger partial charge in [-0.15, -0.1) is 4.36 Å². The van der Waals surface area contributed by atoms with E-state index in [-0.39, 0.29) is 23.1 Å². The van der Waals surface area contributed by atoms with Crippen LogP contribution < -0.4 is 4.72 Å². The number of H-pyrrole nitrogens is 1. The summed E-state index contributed by atoms with van der Waals surface area (Å²) in [7, 11) is -3.74. The molecule has 0 bridgehead atoms. The molecule has 4 N–H and O–H groups in total. The van der Waals surface area contributed by atoms with Gasteiger partial charge in [-0.05, 0) is 6.07 Å². The third kappa shape index (κ3) is 1.92. The highest BCUT2D eigenvalue weighted by Gasteiger charge is 2.25. The molecular formula is C8H6N6O5S. The largest absolute Gasteiger partial charge is 0.433 e. The van der Waals surface area contributed by atoms with Crippen LogP contribution in [-0.4, -0.2) is 29.5 Å². The maximum Gasteiger partial charge on any atom is 0.433 e. The molecular weight excluding hydrogens is 292 g/mol. The van der Waals surface area contributed by atoms with Gasteiger partial charge in [0, 0.05) is 0 Å². The van der Waals surface area contributed by atoms with E-state index < -0.39 is 26.8 Å². The van der Waals surface area contributed by atoms with Gasteiger partial charge < -0.3 is 9.40 Å². The number of aromatic amines is 1. The van der Waals surface area contributed by atoms with Crippen molar-refractivity contribution in [3.05, 3.63) is 27.9 Å². The van der Waals surface area contributed by atoms with Gasteiger partial charge in [-0.2, -0.15) is 4.21 Å². The Balaban J connectivity index is 2.05. The molecule has 2 aromatic rings. The van der Waals surface area contributed by atoms with Gasteiger partial charge >= 0.3 is 5.88 Å². The Kier molecular flexibility index (Phi) is 2.39. The van der Waals surface area contributed by atoms with E-state index in [0.717, 1.165) is 6.07 Å². The van der Waals surface area contributed by atoms with Crippen molar-refractivity contribution in [2.45, 2.75) is 0 Å². The molecule has 1 aliphatic rings. The Morgan fingerprint density at radius 2 is 2.25 bits per heavy atom.